The standard InChI is InChI=1S/C93H156O16P2/c1-4-7-10-13-16-19-22-25-28-31-33-35-37-38-39-40-41-42-43-44-45-46-47-48-50-52-53-56-58-61-64-67-70-73-76-79-91(96)103-82-88(94)83-105-110(99,100)106-84-89(95)85-107-111(101,102)108-87-90(109-93(98)81-78-75-72-69-66-63-60-55-30-27-24-21-18-15-12-9-6-3)86-104-92(97)80-77-74-71-68-65-62-59-57-54-51-49-36-34-32-29-26-23-20-17-14-11-8-5-2/h7,9-10,12,16-21,25-30,33-36,38-39,51,54,60,63,69,72,88-90,94-95H,4-6,8,11,13-15,22-24,31-32,37,40-50,52-53,55-59,61-62,64-68,70-71,73-87H2,1-3H3,(H,99,100)(H,101,102)/b10-7-,12-9-,19-16-,20-17-,21-18-,28-25-,29-26-,30-27-,35-33-,36-34-,39-38-,54-51-,63-60-,72-69-. The van der Waals surface area contributed by atoms with Crippen LogP contribution in [-0.2, 0) is 55.8 Å². The van der Waals surface area contributed by atoms with Crippen LogP contribution >= 0.6 is 15.6 Å². The Hall–Kier alpha value is -5.09. The number of aliphatic hydroxyl groups excluding tert-OH is 2. The topological polar surface area (TPSA) is 231 Å². The molecule has 0 heterocycles. The van der Waals surface area contributed by atoms with Crippen molar-refractivity contribution in [1.29, 1.82) is 0 Å². The molecule has 0 amide bonds. The average molecular weight is 1590 g/mol. The molecule has 0 saturated heterocycles. The van der Waals surface area contributed by atoms with Gasteiger partial charge in [-0.15, -0.1) is 0 Å². The molecule has 0 bridgehead atoms. The molecule has 634 valence electrons. The van der Waals surface area contributed by atoms with Gasteiger partial charge in [0.1, 0.15) is 25.4 Å². The third-order valence-electron chi connectivity index (χ3n) is 17.9. The van der Waals surface area contributed by atoms with Crippen molar-refractivity contribution in [2.75, 3.05) is 39.6 Å². The molecule has 0 fully saturated rings. The van der Waals surface area contributed by atoms with Crippen LogP contribution in [0.4, 0.5) is 0 Å². The van der Waals surface area contributed by atoms with Gasteiger partial charge in [-0.3, -0.25) is 32.5 Å². The molecule has 5 atom stereocenters. The van der Waals surface area contributed by atoms with Gasteiger partial charge in [-0.2, -0.15) is 0 Å². The Labute approximate surface area is 675 Å². The highest BCUT2D eigenvalue weighted by Crippen LogP contribution is 2.45. The Kier molecular flexibility index (Phi) is 80.4. The summed E-state index contributed by atoms with van der Waals surface area (Å²) in [6.07, 6.45) is 109. The first-order valence-electron chi connectivity index (χ1n) is 43.4. The summed E-state index contributed by atoms with van der Waals surface area (Å²) in [6, 6.07) is 0. The van der Waals surface area contributed by atoms with Crippen molar-refractivity contribution < 1.29 is 75.8 Å². The van der Waals surface area contributed by atoms with Crippen molar-refractivity contribution in [3.63, 3.8) is 0 Å². The van der Waals surface area contributed by atoms with Crippen molar-refractivity contribution >= 4 is 33.6 Å². The molecule has 0 rings (SSSR count). The highest BCUT2D eigenvalue weighted by Gasteiger charge is 2.29. The third kappa shape index (κ3) is 85.6. The second kappa shape index (κ2) is 84.3. The normalized spacial score (nSPS) is 14.7. The fourth-order valence-corrected chi connectivity index (χ4v) is 13.0. The number of unbranched alkanes of at least 4 members (excludes halogenated alkanes) is 30. The molecule has 111 heavy (non-hydrogen) atoms. The molecule has 18 heteroatoms. The Morgan fingerprint density at radius 1 is 0.261 bits per heavy atom. The molecule has 0 aromatic heterocycles. The van der Waals surface area contributed by atoms with Crippen LogP contribution in [0.5, 0.6) is 0 Å². The Bertz CT molecular complexity index is 2700. The van der Waals surface area contributed by atoms with E-state index < -0.39 is 91.5 Å². The van der Waals surface area contributed by atoms with E-state index in [1.165, 1.54) is 128 Å². The molecule has 0 aromatic rings. The quantitative estimate of drug-likeness (QED) is 0.0146. The minimum atomic E-state index is -4.96. The number of rotatable bonds is 81. The largest absolute Gasteiger partial charge is 0.472 e. The highest BCUT2D eigenvalue weighted by molar-refractivity contribution is 7.47. The van der Waals surface area contributed by atoms with E-state index in [0.717, 1.165) is 148 Å². The average Bonchev–Trinajstić information content (AvgIpc) is 0.901. The van der Waals surface area contributed by atoms with E-state index in [0.29, 0.717) is 25.7 Å². The molecule has 0 saturated carbocycles. The van der Waals surface area contributed by atoms with Crippen LogP contribution in [0.1, 0.15) is 342 Å². The molecule has 0 aliphatic heterocycles. The lowest BCUT2D eigenvalue weighted by Crippen LogP contribution is -2.30. The number of aliphatic hydroxyl groups is 2. The van der Waals surface area contributed by atoms with Gasteiger partial charge >= 0.3 is 33.6 Å². The van der Waals surface area contributed by atoms with Crippen LogP contribution in [0.3, 0.4) is 0 Å². The summed E-state index contributed by atoms with van der Waals surface area (Å²) < 4.78 is 61.2. The van der Waals surface area contributed by atoms with Crippen LogP contribution in [0.2, 0.25) is 0 Å². The van der Waals surface area contributed by atoms with E-state index in [4.69, 9.17) is 32.3 Å². The zero-order chi connectivity index (χ0) is 80.8. The molecule has 0 aliphatic carbocycles. The lowest BCUT2D eigenvalue weighted by atomic mass is 10.0. The van der Waals surface area contributed by atoms with Crippen molar-refractivity contribution in [2.24, 2.45) is 0 Å². The number of carbonyl (C=O) groups is 3. The molecule has 0 spiro atoms. The summed E-state index contributed by atoms with van der Waals surface area (Å²) in [6.45, 7) is 2.36. The number of allylic oxidation sites excluding steroid dienone is 28. The predicted molar refractivity (Wildman–Crippen MR) is 463 cm³/mol. The zero-order valence-corrected chi connectivity index (χ0v) is 71.4. The zero-order valence-electron chi connectivity index (χ0n) is 69.6. The first-order valence-corrected chi connectivity index (χ1v) is 46.4. The second-order valence-corrected chi connectivity index (χ2v) is 31.5. The minimum absolute atomic E-state index is 0.0190. The molecule has 16 nitrogen and oxygen atoms in total. The van der Waals surface area contributed by atoms with Crippen LogP contribution in [0, 0.1) is 0 Å². The third-order valence-corrected chi connectivity index (χ3v) is 19.8. The fourth-order valence-electron chi connectivity index (χ4n) is 11.4. The Balaban J connectivity index is 4.50. The monoisotopic (exact) mass is 1590 g/mol. The highest BCUT2D eigenvalue weighted by atomic mass is 31.2. The van der Waals surface area contributed by atoms with Crippen LogP contribution in [0.25, 0.3) is 0 Å². The lowest BCUT2D eigenvalue weighted by Gasteiger charge is -2.21. The number of hydrogen-bond donors (Lipinski definition) is 4. The van der Waals surface area contributed by atoms with Crippen molar-refractivity contribution in [3.05, 3.63) is 170 Å². The molecular weight excluding hydrogens is 1430 g/mol. The molecule has 0 aromatic carbocycles. The number of phosphoric ester groups is 2. The molecule has 4 N–H and O–H groups in total. The van der Waals surface area contributed by atoms with Crippen LogP contribution in [-0.4, -0.2) is 95.9 Å². The van der Waals surface area contributed by atoms with Crippen LogP contribution in [0.15, 0.2) is 170 Å². The van der Waals surface area contributed by atoms with Gasteiger partial charge in [-0.25, -0.2) is 9.13 Å². The van der Waals surface area contributed by atoms with Gasteiger partial charge in [0.15, 0.2) is 6.10 Å². The van der Waals surface area contributed by atoms with Gasteiger partial charge in [-0.05, 0) is 148 Å². The van der Waals surface area contributed by atoms with Gasteiger partial charge in [0.25, 0.3) is 0 Å². The summed E-state index contributed by atoms with van der Waals surface area (Å²) in [7, 11) is -9.83. The van der Waals surface area contributed by atoms with Gasteiger partial charge < -0.3 is 34.2 Å². The molecule has 0 radical (unpaired) electrons. The van der Waals surface area contributed by atoms with Gasteiger partial charge in [0.2, 0.25) is 0 Å². The van der Waals surface area contributed by atoms with E-state index >= 15 is 0 Å². The van der Waals surface area contributed by atoms with Gasteiger partial charge in [0.05, 0.1) is 26.4 Å². The number of carbonyl (C=O) groups excluding carboxylic acids is 3. The van der Waals surface area contributed by atoms with E-state index in [2.05, 4.69) is 179 Å². The predicted octanol–water partition coefficient (Wildman–Crippen LogP) is 26.3. The summed E-state index contributed by atoms with van der Waals surface area (Å²) in [5.74, 6) is -1.66. The van der Waals surface area contributed by atoms with Crippen molar-refractivity contribution in [2.45, 2.75) is 360 Å². The van der Waals surface area contributed by atoms with Crippen LogP contribution < -0.4 is 0 Å². The second-order valence-electron chi connectivity index (χ2n) is 28.6. The van der Waals surface area contributed by atoms with E-state index in [1.54, 1.807) is 0 Å². The number of phosphoric acid groups is 2. The number of esters is 3. The smallest absolute Gasteiger partial charge is 0.463 e. The fraction of sp³-hybridized carbons (Fsp3) is 0.667. The van der Waals surface area contributed by atoms with Crippen molar-refractivity contribution in [1.82, 2.24) is 0 Å². The lowest BCUT2D eigenvalue weighted by molar-refractivity contribution is -0.161. The summed E-state index contributed by atoms with van der Waals surface area (Å²) >= 11 is 0. The van der Waals surface area contributed by atoms with E-state index in [9.17, 15) is 43.5 Å². The maximum atomic E-state index is 13.0. The Morgan fingerprint density at radius 3 is 0.784 bits per heavy atom. The Morgan fingerprint density at radius 2 is 0.486 bits per heavy atom. The summed E-state index contributed by atoms with van der Waals surface area (Å²) in [5, 5.41) is 20.7. The van der Waals surface area contributed by atoms with E-state index in [-0.39, 0.29) is 19.3 Å². The minimum Gasteiger partial charge on any atom is -0.463 e. The SMILES string of the molecule is CC/C=C\C/C=C\C/C=C\C/C=C\C/C=C\CCCCCCCCCCCCCCCCCCCCCC(=O)OCC(O)COP(=O)(O)OCC(O)COP(=O)(O)OCC(COC(=O)CCCCCCCCC/C=C\C/C=C\C/C=C\C/C=C\CCCCC)OC(=O)CCC/C=C\C/C=C\C/C=C\C/C=C\C/C=C\CC. The maximum absolute atomic E-state index is 13.0. The summed E-state index contributed by atoms with van der Waals surface area (Å²) in [4.78, 5) is 58.8. The van der Waals surface area contributed by atoms with Crippen molar-refractivity contribution in [3.8, 4) is 0 Å². The number of hydrogen-bond acceptors (Lipinski definition) is 14. The van der Waals surface area contributed by atoms with Gasteiger partial charge in [0, 0.05) is 19.3 Å². The maximum Gasteiger partial charge on any atom is 0.472 e. The van der Waals surface area contributed by atoms with E-state index in [1.807, 2.05) is 12.2 Å². The first kappa shape index (κ1) is 106. The molecular formula is C93H156O16P2. The molecule has 0 aliphatic rings. The van der Waals surface area contributed by atoms with Gasteiger partial charge in [-0.1, -0.05) is 345 Å². The first-order chi connectivity index (χ1) is 54.2. The molecule has 5 unspecified atom stereocenters. The number of ether oxygens (including phenoxy) is 3. The summed E-state index contributed by atoms with van der Waals surface area (Å²) in [5.41, 5.74) is 0.